The van der Waals surface area contributed by atoms with Crippen molar-refractivity contribution in [3.05, 3.63) is 48.2 Å². The zero-order valence-corrected chi connectivity index (χ0v) is 9.33. The van der Waals surface area contributed by atoms with Gasteiger partial charge in [0.25, 0.3) is 0 Å². The summed E-state index contributed by atoms with van der Waals surface area (Å²) in [6.07, 6.45) is 1.93. The first kappa shape index (κ1) is 9.84. The molecule has 0 unspecified atom stereocenters. The summed E-state index contributed by atoms with van der Waals surface area (Å²) in [5.41, 5.74) is 2.80. The van der Waals surface area contributed by atoms with Crippen molar-refractivity contribution in [3.63, 3.8) is 0 Å². The Morgan fingerprint density at radius 1 is 1.12 bits per heavy atom. The highest BCUT2D eigenvalue weighted by Gasteiger charge is 2.07. The molecule has 4 nitrogen and oxygen atoms in total. The summed E-state index contributed by atoms with van der Waals surface area (Å²) in [5, 5.41) is 17.7. The van der Waals surface area contributed by atoms with Gasteiger partial charge in [-0.1, -0.05) is 12.1 Å². The molecule has 17 heavy (non-hydrogen) atoms. The van der Waals surface area contributed by atoms with Crippen molar-refractivity contribution in [1.29, 1.82) is 0 Å². The molecule has 1 N–H and O–H groups in total. The molecule has 0 bridgehead atoms. The van der Waals surface area contributed by atoms with Gasteiger partial charge in [-0.25, -0.2) is 0 Å². The Labute approximate surface area is 98.2 Å². The topological polar surface area (TPSA) is 50.4 Å². The summed E-state index contributed by atoms with van der Waals surface area (Å²) in [4.78, 5) is 0. The number of aromatic nitrogens is 3. The Kier molecular flexibility index (Phi) is 2.08. The summed E-state index contributed by atoms with van der Waals surface area (Å²) in [6.45, 7) is 2.02. The fourth-order valence-corrected chi connectivity index (χ4v) is 1.83. The number of pyridine rings is 1. The summed E-state index contributed by atoms with van der Waals surface area (Å²) < 4.78 is 1.90. The average Bonchev–Trinajstić information content (AvgIpc) is 2.71. The summed E-state index contributed by atoms with van der Waals surface area (Å²) in [6, 6.07) is 11.0. The first-order valence-corrected chi connectivity index (χ1v) is 5.35. The van der Waals surface area contributed by atoms with Crippen LogP contribution in [0.25, 0.3) is 17.0 Å². The largest absolute Gasteiger partial charge is 0.508 e. The zero-order valence-electron chi connectivity index (χ0n) is 9.33. The number of phenolic OH excluding ortho intramolecular Hbond substituents is 1. The Balaban J connectivity index is 2.24. The first-order valence-electron chi connectivity index (χ1n) is 5.35. The second-order valence-electron chi connectivity index (χ2n) is 4.01. The first-order chi connectivity index (χ1) is 8.24. The van der Waals surface area contributed by atoms with Crippen LogP contribution in [-0.2, 0) is 0 Å². The molecule has 0 aliphatic rings. The molecular formula is C13H11N3O. The third-order valence-electron chi connectivity index (χ3n) is 2.67. The molecule has 0 fully saturated rings. The van der Waals surface area contributed by atoms with Gasteiger partial charge in [-0.2, -0.15) is 0 Å². The minimum absolute atomic E-state index is 0.228. The second-order valence-corrected chi connectivity index (χ2v) is 4.01. The standard InChI is InChI=1S/C13H11N3O/c1-9-5-6-16-12(7-9)14-15-13(16)10-3-2-4-11(17)8-10/h2-8,17H,1H3. The third-order valence-corrected chi connectivity index (χ3v) is 2.67. The average molecular weight is 225 g/mol. The van der Waals surface area contributed by atoms with Gasteiger partial charge in [0.15, 0.2) is 11.5 Å². The number of hydrogen-bond acceptors (Lipinski definition) is 3. The van der Waals surface area contributed by atoms with Gasteiger partial charge in [-0.15, -0.1) is 10.2 Å². The smallest absolute Gasteiger partial charge is 0.168 e. The van der Waals surface area contributed by atoms with Crippen LogP contribution in [0, 0.1) is 6.92 Å². The molecule has 84 valence electrons. The lowest BCUT2D eigenvalue weighted by Gasteiger charge is -2.01. The Morgan fingerprint density at radius 3 is 2.82 bits per heavy atom. The number of fused-ring (bicyclic) bond motifs is 1. The van der Waals surface area contributed by atoms with Crippen molar-refractivity contribution >= 4 is 5.65 Å². The Hall–Kier alpha value is -2.36. The predicted octanol–water partition coefficient (Wildman–Crippen LogP) is 2.41. The van der Waals surface area contributed by atoms with Crippen LogP contribution in [0.15, 0.2) is 42.6 Å². The number of hydrogen-bond donors (Lipinski definition) is 1. The van der Waals surface area contributed by atoms with E-state index in [-0.39, 0.29) is 5.75 Å². The molecule has 0 saturated heterocycles. The van der Waals surface area contributed by atoms with E-state index in [9.17, 15) is 5.11 Å². The van der Waals surface area contributed by atoms with Crippen molar-refractivity contribution in [3.8, 4) is 17.1 Å². The predicted molar refractivity (Wildman–Crippen MR) is 64.8 cm³/mol. The normalized spacial score (nSPS) is 10.9. The van der Waals surface area contributed by atoms with E-state index in [1.807, 2.05) is 35.7 Å². The number of phenols is 1. The van der Waals surface area contributed by atoms with E-state index in [1.54, 1.807) is 18.2 Å². The van der Waals surface area contributed by atoms with E-state index < -0.39 is 0 Å². The number of nitrogens with zero attached hydrogens (tertiary/aromatic N) is 3. The van der Waals surface area contributed by atoms with Gasteiger partial charge < -0.3 is 5.11 Å². The molecule has 0 spiro atoms. The highest BCUT2D eigenvalue weighted by Crippen LogP contribution is 2.22. The van der Waals surface area contributed by atoms with Crippen molar-refractivity contribution in [2.45, 2.75) is 6.92 Å². The van der Waals surface area contributed by atoms with Crippen LogP contribution < -0.4 is 0 Å². The summed E-state index contributed by atoms with van der Waals surface area (Å²) >= 11 is 0. The molecule has 2 aromatic heterocycles. The van der Waals surface area contributed by atoms with Gasteiger partial charge in [0.05, 0.1) is 0 Å². The lowest BCUT2D eigenvalue weighted by Crippen LogP contribution is -1.89. The fraction of sp³-hybridized carbons (Fsp3) is 0.0769. The number of aryl methyl sites for hydroxylation is 1. The van der Waals surface area contributed by atoms with E-state index in [4.69, 9.17) is 0 Å². The minimum Gasteiger partial charge on any atom is -0.508 e. The molecule has 0 aliphatic carbocycles. The molecule has 3 rings (SSSR count). The van der Waals surface area contributed by atoms with Crippen molar-refractivity contribution in [1.82, 2.24) is 14.6 Å². The van der Waals surface area contributed by atoms with Crippen LogP contribution in [0.4, 0.5) is 0 Å². The van der Waals surface area contributed by atoms with Gasteiger partial charge in [0.2, 0.25) is 0 Å². The highest BCUT2D eigenvalue weighted by molar-refractivity contribution is 5.61. The molecule has 0 aliphatic heterocycles. The van der Waals surface area contributed by atoms with Crippen LogP contribution in [0.3, 0.4) is 0 Å². The van der Waals surface area contributed by atoms with Crippen LogP contribution in [0.2, 0.25) is 0 Å². The van der Waals surface area contributed by atoms with E-state index in [0.717, 1.165) is 22.6 Å². The number of aromatic hydroxyl groups is 1. The monoisotopic (exact) mass is 225 g/mol. The Morgan fingerprint density at radius 2 is 2.00 bits per heavy atom. The van der Waals surface area contributed by atoms with Crippen LogP contribution in [0.5, 0.6) is 5.75 Å². The number of rotatable bonds is 1. The van der Waals surface area contributed by atoms with Gasteiger partial charge in [0.1, 0.15) is 5.75 Å². The van der Waals surface area contributed by atoms with Gasteiger partial charge in [-0.3, -0.25) is 4.40 Å². The molecule has 0 saturated carbocycles. The SMILES string of the molecule is Cc1ccn2c(-c3cccc(O)c3)nnc2c1. The maximum atomic E-state index is 9.47. The molecule has 1 aromatic carbocycles. The Bertz CT molecular complexity index is 688. The van der Waals surface area contributed by atoms with E-state index >= 15 is 0 Å². The van der Waals surface area contributed by atoms with Crippen LogP contribution >= 0.6 is 0 Å². The zero-order chi connectivity index (χ0) is 11.8. The van der Waals surface area contributed by atoms with Gasteiger partial charge >= 0.3 is 0 Å². The van der Waals surface area contributed by atoms with Crippen LogP contribution in [0.1, 0.15) is 5.56 Å². The maximum absolute atomic E-state index is 9.47. The fourth-order valence-electron chi connectivity index (χ4n) is 1.83. The molecular weight excluding hydrogens is 214 g/mol. The summed E-state index contributed by atoms with van der Waals surface area (Å²) in [7, 11) is 0. The molecule has 0 atom stereocenters. The van der Waals surface area contributed by atoms with Gasteiger partial charge in [0, 0.05) is 11.8 Å². The second kappa shape index (κ2) is 3.59. The maximum Gasteiger partial charge on any atom is 0.168 e. The number of benzene rings is 1. The quantitative estimate of drug-likeness (QED) is 0.691. The van der Waals surface area contributed by atoms with Crippen molar-refractivity contribution < 1.29 is 5.11 Å². The third kappa shape index (κ3) is 1.63. The van der Waals surface area contributed by atoms with E-state index in [1.165, 1.54) is 0 Å². The molecule has 0 radical (unpaired) electrons. The lowest BCUT2D eigenvalue weighted by molar-refractivity contribution is 0.475. The highest BCUT2D eigenvalue weighted by atomic mass is 16.3. The van der Waals surface area contributed by atoms with Crippen LogP contribution in [-0.4, -0.2) is 19.7 Å². The van der Waals surface area contributed by atoms with E-state index in [2.05, 4.69) is 10.2 Å². The van der Waals surface area contributed by atoms with E-state index in [0.29, 0.717) is 0 Å². The van der Waals surface area contributed by atoms with Crippen molar-refractivity contribution in [2.24, 2.45) is 0 Å². The molecule has 2 heterocycles. The van der Waals surface area contributed by atoms with Gasteiger partial charge in [-0.05, 0) is 36.8 Å². The minimum atomic E-state index is 0.228. The lowest BCUT2D eigenvalue weighted by atomic mass is 10.2. The molecule has 0 amide bonds. The summed E-state index contributed by atoms with van der Waals surface area (Å²) in [5.74, 6) is 0.960. The van der Waals surface area contributed by atoms with Crippen molar-refractivity contribution in [2.75, 3.05) is 0 Å². The molecule has 3 aromatic rings. The molecule has 4 heteroatoms.